The number of rotatable bonds is 6. The summed E-state index contributed by atoms with van der Waals surface area (Å²) < 4.78 is 0. The van der Waals surface area contributed by atoms with Crippen molar-refractivity contribution in [3.05, 3.63) is 33.9 Å². The van der Waals surface area contributed by atoms with Crippen molar-refractivity contribution in [2.45, 2.75) is 31.7 Å². The van der Waals surface area contributed by atoms with Gasteiger partial charge in [-0.1, -0.05) is 0 Å². The van der Waals surface area contributed by atoms with Crippen molar-refractivity contribution in [2.75, 3.05) is 5.32 Å². The third-order valence-electron chi connectivity index (χ3n) is 4.03. The van der Waals surface area contributed by atoms with Crippen molar-refractivity contribution in [1.82, 2.24) is 0 Å². The average molecular weight is 276 g/mol. The topological polar surface area (TPSA) is 92.5 Å². The summed E-state index contributed by atoms with van der Waals surface area (Å²) in [6, 6.07) is 4.31. The summed E-state index contributed by atoms with van der Waals surface area (Å²) in [5, 5.41) is 23.3. The van der Waals surface area contributed by atoms with Gasteiger partial charge in [-0.2, -0.15) is 0 Å². The van der Waals surface area contributed by atoms with Gasteiger partial charge in [0.25, 0.3) is 5.69 Å². The van der Waals surface area contributed by atoms with Gasteiger partial charge >= 0.3 is 5.97 Å². The first-order valence-electron chi connectivity index (χ1n) is 6.84. The van der Waals surface area contributed by atoms with Gasteiger partial charge in [0, 0.05) is 23.9 Å². The van der Waals surface area contributed by atoms with Gasteiger partial charge in [-0.15, -0.1) is 0 Å². The van der Waals surface area contributed by atoms with Crippen LogP contribution in [0.1, 0.15) is 36.0 Å². The summed E-state index contributed by atoms with van der Waals surface area (Å²) in [6.45, 7) is 0. The van der Waals surface area contributed by atoms with Gasteiger partial charge in [-0.25, -0.2) is 4.79 Å². The van der Waals surface area contributed by atoms with Gasteiger partial charge in [0.15, 0.2) is 0 Å². The van der Waals surface area contributed by atoms with E-state index in [9.17, 15) is 20.0 Å². The smallest absolute Gasteiger partial charge is 0.338 e. The van der Waals surface area contributed by atoms with Crippen LogP contribution < -0.4 is 5.32 Å². The van der Waals surface area contributed by atoms with E-state index in [0.29, 0.717) is 23.6 Å². The van der Waals surface area contributed by atoms with Crippen LogP contribution >= 0.6 is 0 Å². The third kappa shape index (κ3) is 2.59. The lowest BCUT2D eigenvalue weighted by molar-refractivity contribution is -0.384. The van der Waals surface area contributed by atoms with Crippen molar-refractivity contribution >= 4 is 17.3 Å². The fourth-order valence-corrected chi connectivity index (χ4v) is 2.66. The molecule has 6 nitrogen and oxygen atoms in total. The summed E-state index contributed by atoms with van der Waals surface area (Å²) in [6.07, 6.45) is 4.74. The lowest BCUT2D eigenvalue weighted by atomic mass is 10.1. The number of carboxylic acid groups (broad SMARTS) is 1. The quantitative estimate of drug-likeness (QED) is 0.615. The SMILES string of the molecule is O=C(O)c1cc([N+](=O)[O-])ccc1NC(C1CC1)C1CC1. The molecule has 0 spiro atoms. The molecule has 2 aliphatic rings. The second kappa shape index (κ2) is 4.77. The van der Waals surface area contributed by atoms with Crippen molar-refractivity contribution in [2.24, 2.45) is 11.8 Å². The number of nitro groups is 1. The van der Waals surface area contributed by atoms with E-state index in [1.54, 1.807) is 0 Å². The van der Waals surface area contributed by atoms with Crippen LogP contribution in [0.2, 0.25) is 0 Å². The zero-order chi connectivity index (χ0) is 14.3. The van der Waals surface area contributed by atoms with E-state index in [2.05, 4.69) is 5.32 Å². The molecule has 1 aromatic rings. The fourth-order valence-electron chi connectivity index (χ4n) is 2.66. The lowest BCUT2D eigenvalue weighted by Gasteiger charge is -2.20. The molecule has 106 valence electrons. The van der Waals surface area contributed by atoms with Crippen molar-refractivity contribution in [3.8, 4) is 0 Å². The van der Waals surface area contributed by atoms with Gasteiger partial charge in [0.05, 0.1) is 10.5 Å². The molecule has 1 aromatic carbocycles. The molecule has 0 heterocycles. The number of non-ortho nitro benzene ring substituents is 1. The molecule has 6 heteroatoms. The highest BCUT2D eigenvalue weighted by Gasteiger charge is 2.41. The Kier molecular flexibility index (Phi) is 3.08. The Morgan fingerprint density at radius 3 is 2.35 bits per heavy atom. The second-order valence-corrected chi connectivity index (χ2v) is 5.64. The van der Waals surface area contributed by atoms with Gasteiger partial charge < -0.3 is 10.4 Å². The normalized spacial score (nSPS) is 18.1. The molecule has 0 amide bonds. The summed E-state index contributed by atoms with van der Waals surface area (Å²) >= 11 is 0. The van der Waals surface area contributed by atoms with E-state index in [0.717, 1.165) is 6.07 Å². The highest BCUT2D eigenvalue weighted by atomic mass is 16.6. The lowest BCUT2D eigenvalue weighted by Crippen LogP contribution is -2.25. The zero-order valence-electron chi connectivity index (χ0n) is 10.9. The molecule has 2 aliphatic carbocycles. The molecule has 0 saturated heterocycles. The van der Waals surface area contributed by atoms with Crippen molar-refractivity contribution in [1.29, 1.82) is 0 Å². The van der Waals surface area contributed by atoms with Crippen LogP contribution in [0.3, 0.4) is 0 Å². The largest absolute Gasteiger partial charge is 0.478 e. The fraction of sp³-hybridized carbons (Fsp3) is 0.500. The number of hydrogen-bond acceptors (Lipinski definition) is 4. The molecule has 2 saturated carbocycles. The zero-order valence-corrected chi connectivity index (χ0v) is 10.9. The van der Waals surface area contributed by atoms with Crippen molar-refractivity contribution in [3.63, 3.8) is 0 Å². The van der Waals surface area contributed by atoms with Crippen LogP contribution in [-0.2, 0) is 0 Å². The van der Waals surface area contributed by atoms with Gasteiger partial charge in [0.1, 0.15) is 0 Å². The van der Waals surface area contributed by atoms with Crippen LogP contribution in [0.4, 0.5) is 11.4 Å². The van der Waals surface area contributed by atoms with Crippen LogP contribution in [0.5, 0.6) is 0 Å². The number of anilines is 1. The summed E-state index contributed by atoms with van der Waals surface area (Å²) in [5.74, 6) is 0.111. The van der Waals surface area contributed by atoms with E-state index < -0.39 is 10.9 Å². The van der Waals surface area contributed by atoms with E-state index in [1.807, 2.05) is 0 Å². The Balaban J connectivity index is 1.87. The number of carbonyl (C=O) groups is 1. The van der Waals surface area contributed by atoms with E-state index in [1.165, 1.54) is 37.8 Å². The highest BCUT2D eigenvalue weighted by Crippen LogP contribution is 2.46. The Morgan fingerprint density at radius 2 is 1.90 bits per heavy atom. The predicted octanol–water partition coefficient (Wildman–Crippen LogP) is 2.89. The molecule has 0 unspecified atom stereocenters. The van der Waals surface area contributed by atoms with E-state index in [-0.39, 0.29) is 11.3 Å². The molecule has 0 atom stereocenters. The Morgan fingerprint density at radius 1 is 1.30 bits per heavy atom. The summed E-state index contributed by atoms with van der Waals surface area (Å²) in [5.41, 5.74) is 0.278. The van der Waals surface area contributed by atoms with Crippen LogP contribution in [0.25, 0.3) is 0 Å². The molecule has 0 aliphatic heterocycles. The highest BCUT2D eigenvalue weighted by molar-refractivity contribution is 5.95. The molecular weight excluding hydrogens is 260 g/mol. The summed E-state index contributed by atoms with van der Waals surface area (Å²) in [7, 11) is 0. The number of hydrogen-bond donors (Lipinski definition) is 2. The number of nitrogens with one attached hydrogen (secondary N) is 1. The minimum Gasteiger partial charge on any atom is -0.478 e. The maximum atomic E-state index is 11.3. The first-order valence-corrected chi connectivity index (χ1v) is 6.84. The van der Waals surface area contributed by atoms with Crippen LogP contribution in [0.15, 0.2) is 18.2 Å². The second-order valence-electron chi connectivity index (χ2n) is 5.64. The number of aromatic carboxylic acids is 1. The first-order chi connectivity index (χ1) is 9.56. The number of nitrogens with zero attached hydrogens (tertiary/aromatic N) is 1. The molecule has 2 N–H and O–H groups in total. The molecule has 0 bridgehead atoms. The van der Waals surface area contributed by atoms with Crippen molar-refractivity contribution < 1.29 is 14.8 Å². The number of nitro benzene ring substituents is 1. The van der Waals surface area contributed by atoms with E-state index >= 15 is 0 Å². The first kappa shape index (κ1) is 12.9. The molecule has 20 heavy (non-hydrogen) atoms. The van der Waals surface area contributed by atoms with Crippen LogP contribution in [0, 0.1) is 22.0 Å². The molecule has 0 radical (unpaired) electrons. The number of carboxylic acids is 1. The maximum absolute atomic E-state index is 11.3. The Labute approximate surface area is 115 Å². The third-order valence-corrected chi connectivity index (χ3v) is 4.03. The minimum absolute atomic E-state index is 0.0227. The molecular formula is C14H16N2O4. The molecule has 3 rings (SSSR count). The number of benzene rings is 1. The summed E-state index contributed by atoms with van der Waals surface area (Å²) in [4.78, 5) is 21.5. The standard InChI is InChI=1S/C14H16N2O4/c17-14(18)11-7-10(16(19)20)5-6-12(11)15-13(8-1-2-8)9-3-4-9/h5-9,13,15H,1-4H2,(H,17,18). The Hall–Kier alpha value is -2.11. The molecule has 0 aromatic heterocycles. The average Bonchev–Trinajstić information content (AvgIpc) is 3.28. The Bertz CT molecular complexity index is 552. The maximum Gasteiger partial charge on any atom is 0.338 e. The predicted molar refractivity (Wildman–Crippen MR) is 72.9 cm³/mol. The van der Waals surface area contributed by atoms with Crippen LogP contribution in [-0.4, -0.2) is 22.0 Å². The molecule has 2 fully saturated rings. The monoisotopic (exact) mass is 276 g/mol. The van der Waals surface area contributed by atoms with Gasteiger partial charge in [-0.3, -0.25) is 10.1 Å². The van der Waals surface area contributed by atoms with Gasteiger partial charge in [-0.05, 0) is 43.6 Å². The van der Waals surface area contributed by atoms with Gasteiger partial charge in [0.2, 0.25) is 0 Å². The van der Waals surface area contributed by atoms with E-state index in [4.69, 9.17) is 0 Å². The minimum atomic E-state index is -1.14.